The van der Waals surface area contributed by atoms with Crippen molar-refractivity contribution < 1.29 is 19.1 Å². The number of ether oxygens (including phenoxy) is 1. The van der Waals surface area contributed by atoms with E-state index in [1.165, 1.54) is 0 Å². The van der Waals surface area contributed by atoms with Crippen LogP contribution < -0.4 is 4.74 Å². The van der Waals surface area contributed by atoms with Crippen molar-refractivity contribution in [3.8, 4) is 5.75 Å². The van der Waals surface area contributed by atoms with Gasteiger partial charge < -0.3 is 9.64 Å². The Morgan fingerprint density at radius 2 is 1.58 bits per heavy atom. The fourth-order valence-corrected chi connectivity index (χ4v) is 4.45. The Morgan fingerprint density at radius 3 is 2.16 bits per heavy atom. The summed E-state index contributed by atoms with van der Waals surface area (Å²) in [6.07, 6.45) is 6.45. The van der Waals surface area contributed by atoms with E-state index in [0.717, 1.165) is 29.1 Å². The standard InChI is InChI=1S/C25H24N2O4/c1-31-18-13-11-17(12-14-18)21-7-4-8-22(25(30)26(21)15-16-9-10-16)27-23(28)19-5-2-3-6-20(19)24(27)29/h2-7,11-14,16,21-22H,8-10,15H2,1H3/t21-,22-/m0/s1. The van der Waals surface area contributed by atoms with Crippen LogP contribution in [0.4, 0.5) is 0 Å². The summed E-state index contributed by atoms with van der Waals surface area (Å²) in [6.45, 7) is 0.625. The first kappa shape index (κ1) is 19.5. The molecule has 2 aliphatic heterocycles. The summed E-state index contributed by atoms with van der Waals surface area (Å²) in [5.41, 5.74) is 1.72. The molecule has 0 N–H and O–H groups in total. The third kappa shape index (κ3) is 3.42. The summed E-state index contributed by atoms with van der Waals surface area (Å²) < 4.78 is 5.26. The quantitative estimate of drug-likeness (QED) is 0.552. The lowest BCUT2D eigenvalue weighted by molar-refractivity contribution is -0.137. The van der Waals surface area contributed by atoms with E-state index in [1.807, 2.05) is 41.3 Å². The molecule has 0 spiro atoms. The van der Waals surface area contributed by atoms with E-state index in [2.05, 4.69) is 0 Å². The minimum absolute atomic E-state index is 0.174. The second kappa shape index (κ2) is 7.69. The topological polar surface area (TPSA) is 66.9 Å². The molecule has 6 nitrogen and oxygen atoms in total. The highest BCUT2D eigenvalue weighted by atomic mass is 16.5. The summed E-state index contributed by atoms with van der Waals surface area (Å²) in [6, 6.07) is 13.4. The molecule has 2 atom stereocenters. The number of rotatable bonds is 5. The molecule has 158 valence electrons. The Balaban J connectivity index is 1.48. The lowest BCUT2D eigenvalue weighted by Gasteiger charge is -2.33. The average Bonchev–Trinajstić information content (AvgIpc) is 3.60. The molecule has 2 heterocycles. The second-order valence-electron chi connectivity index (χ2n) is 8.36. The number of carbonyl (C=O) groups excluding carboxylic acids is 3. The predicted octanol–water partition coefficient (Wildman–Crippen LogP) is 3.60. The van der Waals surface area contributed by atoms with Gasteiger partial charge in [0.2, 0.25) is 5.91 Å². The average molecular weight is 416 g/mol. The monoisotopic (exact) mass is 416 g/mol. The Labute approximate surface area is 181 Å². The van der Waals surface area contributed by atoms with Gasteiger partial charge in [0.15, 0.2) is 0 Å². The molecular formula is C25H24N2O4. The van der Waals surface area contributed by atoms with Gasteiger partial charge in [0.25, 0.3) is 11.8 Å². The number of benzene rings is 2. The Morgan fingerprint density at radius 1 is 0.935 bits per heavy atom. The molecule has 0 radical (unpaired) electrons. The highest BCUT2D eigenvalue weighted by Crippen LogP contribution is 2.37. The summed E-state index contributed by atoms with van der Waals surface area (Å²) >= 11 is 0. The molecule has 1 saturated carbocycles. The molecule has 3 aliphatic rings. The number of amides is 3. The Bertz CT molecular complexity index is 1040. The molecule has 3 amide bonds. The van der Waals surface area contributed by atoms with Crippen LogP contribution in [0.1, 0.15) is 51.6 Å². The van der Waals surface area contributed by atoms with Crippen molar-refractivity contribution in [3.63, 3.8) is 0 Å². The molecule has 5 rings (SSSR count). The zero-order valence-corrected chi connectivity index (χ0v) is 17.4. The molecule has 6 heteroatoms. The first-order chi connectivity index (χ1) is 15.1. The van der Waals surface area contributed by atoms with Crippen LogP contribution in [0.25, 0.3) is 0 Å². The van der Waals surface area contributed by atoms with E-state index in [1.54, 1.807) is 31.4 Å². The van der Waals surface area contributed by atoms with Gasteiger partial charge in [0.1, 0.15) is 11.8 Å². The van der Waals surface area contributed by atoms with E-state index in [-0.39, 0.29) is 23.8 Å². The molecule has 2 aromatic rings. The van der Waals surface area contributed by atoms with Crippen LogP contribution in [0.15, 0.2) is 60.7 Å². The van der Waals surface area contributed by atoms with Crippen LogP contribution in [-0.4, -0.2) is 47.2 Å². The van der Waals surface area contributed by atoms with Gasteiger partial charge in [-0.3, -0.25) is 19.3 Å². The van der Waals surface area contributed by atoms with Gasteiger partial charge in [-0.05, 0) is 55.0 Å². The van der Waals surface area contributed by atoms with Gasteiger partial charge in [0.05, 0.1) is 24.3 Å². The first-order valence-electron chi connectivity index (χ1n) is 10.7. The molecule has 0 bridgehead atoms. The highest BCUT2D eigenvalue weighted by molar-refractivity contribution is 6.22. The summed E-state index contributed by atoms with van der Waals surface area (Å²) in [5.74, 6) is 0.278. The van der Waals surface area contributed by atoms with E-state index < -0.39 is 6.04 Å². The molecular weight excluding hydrogens is 392 g/mol. The van der Waals surface area contributed by atoms with Crippen LogP contribution in [0.2, 0.25) is 0 Å². The molecule has 0 saturated heterocycles. The van der Waals surface area contributed by atoms with Gasteiger partial charge >= 0.3 is 0 Å². The lowest BCUT2D eigenvalue weighted by Crippen LogP contribution is -2.51. The van der Waals surface area contributed by atoms with Crippen LogP contribution in [0, 0.1) is 5.92 Å². The van der Waals surface area contributed by atoms with Crippen molar-refractivity contribution in [2.75, 3.05) is 13.7 Å². The fraction of sp³-hybridized carbons (Fsp3) is 0.320. The van der Waals surface area contributed by atoms with E-state index >= 15 is 0 Å². The summed E-state index contributed by atoms with van der Waals surface area (Å²) in [7, 11) is 1.62. The molecule has 0 aromatic heterocycles. The van der Waals surface area contributed by atoms with Crippen molar-refractivity contribution in [1.82, 2.24) is 9.80 Å². The molecule has 2 aromatic carbocycles. The van der Waals surface area contributed by atoms with E-state index in [0.29, 0.717) is 30.0 Å². The van der Waals surface area contributed by atoms with Crippen molar-refractivity contribution in [1.29, 1.82) is 0 Å². The number of hydrogen-bond acceptors (Lipinski definition) is 4. The Kier molecular flexibility index (Phi) is 4.85. The van der Waals surface area contributed by atoms with Gasteiger partial charge in [-0.15, -0.1) is 0 Å². The number of carbonyl (C=O) groups is 3. The van der Waals surface area contributed by atoms with E-state index in [9.17, 15) is 14.4 Å². The first-order valence-corrected chi connectivity index (χ1v) is 10.7. The van der Waals surface area contributed by atoms with Gasteiger partial charge in [-0.1, -0.05) is 36.4 Å². The van der Waals surface area contributed by atoms with Crippen molar-refractivity contribution >= 4 is 17.7 Å². The fourth-order valence-electron chi connectivity index (χ4n) is 4.45. The maximum atomic E-state index is 13.8. The summed E-state index contributed by atoms with van der Waals surface area (Å²) in [4.78, 5) is 42.8. The van der Waals surface area contributed by atoms with Crippen LogP contribution in [0.3, 0.4) is 0 Å². The highest BCUT2D eigenvalue weighted by Gasteiger charge is 2.45. The van der Waals surface area contributed by atoms with Gasteiger partial charge in [-0.25, -0.2) is 0 Å². The zero-order chi connectivity index (χ0) is 21.5. The number of hydrogen-bond donors (Lipinski definition) is 0. The van der Waals surface area contributed by atoms with Crippen molar-refractivity contribution in [2.45, 2.75) is 31.3 Å². The second-order valence-corrected chi connectivity index (χ2v) is 8.36. The smallest absolute Gasteiger partial charge is 0.262 e. The van der Waals surface area contributed by atoms with Crippen LogP contribution >= 0.6 is 0 Å². The Hall–Kier alpha value is -3.41. The maximum absolute atomic E-state index is 13.8. The summed E-state index contributed by atoms with van der Waals surface area (Å²) in [5, 5.41) is 0. The van der Waals surface area contributed by atoms with Crippen molar-refractivity contribution in [3.05, 3.63) is 77.4 Å². The molecule has 1 aliphatic carbocycles. The number of imide groups is 1. The molecule has 31 heavy (non-hydrogen) atoms. The molecule has 1 fully saturated rings. The van der Waals surface area contributed by atoms with Gasteiger partial charge in [-0.2, -0.15) is 0 Å². The van der Waals surface area contributed by atoms with Crippen LogP contribution in [0.5, 0.6) is 5.75 Å². The predicted molar refractivity (Wildman–Crippen MR) is 115 cm³/mol. The maximum Gasteiger partial charge on any atom is 0.262 e. The minimum Gasteiger partial charge on any atom is -0.497 e. The lowest BCUT2D eigenvalue weighted by atomic mass is 10.0. The van der Waals surface area contributed by atoms with Gasteiger partial charge in [0, 0.05) is 6.54 Å². The molecule has 0 unspecified atom stereocenters. The third-order valence-electron chi connectivity index (χ3n) is 6.33. The van der Waals surface area contributed by atoms with E-state index in [4.69, 9.17) is 4.74 Å². The normalized spacial score (nSPS) is 23.2. The number of nitrogens with zero attached hydrogens (tertiary/aromatic N) is 2. The van der Waals surface area contributed by atoms with Crippen LogP contribution in [-0.2, 0) is 4.79 Å². The third-order valence-corrected chi connectivity index (χ3v) is 6.33. The number of fused-ring (bicyclic) bond motifs is 1. The largest absolute Gasteiger partial charge is 0.497 e. The number of methoxy groups -OCH3 is 1. The van der Waals surface area contributed by atoms with Crippen molar-refractivity contribution in [2.24, 2.45) is 5.92 Å². The zero-order valence-electron chi connectivity index (χ0n) is 17.4. The minimum atomic E-state index is -0.828. The SMILES string of the molecule is COc1ccc([C@@H]2C=CC[C@H](N3C(=O)c4ccccc4C3=O)C(=O)N2CC2CC2)cc1.